The zero-order chi connectivity index (χ0) is 18.0. The summed E-state index contributed by atoms with van der Waals surface area (Å²) in [4.78, 5) is 0. The lowest BCUT2D eigenvalue weighted by molar-refractivity contribution is 0.401. The predicted octanol–water partition coefficient (Wildman–Crippen LogP) is 4.29. The van der Waals surface area contributed by atoms with Crippen LogP contribution in [-0.2, 0) is 6.42 Å². The van der Waals surface area contributed by atoms with Crippen LogP contribution in [0.15, 0.2) is 41.4 Å². The van der Waals surface area contributed by atoms with Crippen molar-refractivity contribution in [2.75, 3.05) is 0 Å². The van der Waals surface area contributed by atoms with Crippen LogP contribution in [0.5, 0.6) is 11.5 Å². The molecule has 0 radical (unpaired) electrons. The molecule has 0 saturated heterocycles. The maximum Gasteiger partial charge on any atom is 0.183 e. The van der Waals surface area contributed by atoms with Crippen LogP contribution < -0.4 is 0 Å². The molecule has 2 aromatic carbocycles. The molecule has 5 nitrogen and oxygen atoms in total. The minimum atomic E-state index is -0.237. The highest BCUT2D eigenvalue weighted by atomic mass is 32.1. The third-order valence-electron chi connectivity index (χ3n) is 4.24. The molecular formula is C19H21N3O2S. The number of phenolic OH excluding ortho intramolecular Hbond substituents is 2. The number of hydrogen-bond acceptors (Lipinski definition) is 5. The van der Waals surface area contributed by atoms with Gasteiger partial charge in [0.2, 0.25) is 0 Å². The van der Waals surface area contributed by atoms with Gasteiger partial charge in [0, 0.05) is 5.56 Å². The second-order valence-corrected chi connectivity index (χ2v) is 6.49. The van der Waals surface area contributed by atoms with Gasteiger partial charge in [-0.3, -0.25) is 0 Å². The van der Waals surface area contributed by atoms with Gasteiger partial charge >= 0.3 is 0 Å². The summed E-state index contributed by atoms with van der Waals surface area (Å²) >= 11 is 4.43. The molecule has 0 saturated carbocycles. The molecule has 0 unspecified atom stereocenters. The first-order valence-corrected chi connectivity index (χ1v) is 8.73. The van der Waals surface area contributed by atoms with E-state index >= 15 is 0 Å². The van der Waals surface area contributed by atoms with Crippen molar-refractivity contribution in [1.82, 2.24) is 15.0 Å². The lowest BCUT2D eigenvalue weighted by Crippen LogP contribution is -2.01. The summed E-state index contributed by atoms with van der Waals surface area (Å²) in [6, 6.07) is 11.0. The van der Waals surface area contributed by atoms with Crippen molar-refractivity contribution in [2.45, 2.75) is 38.1 Å². The fraction of sp³-hybridized carbons (Fsp3) is 0.263. The molecule has 0 amide bonds. The Kier molecular flexibility index (Phi) is 4.99. The molecule has 6 heteroatoms. The van der Waals surface area contributed by atoms with Crippen LogP contribution in [0.3, 0.4) is 0 Å². The van der Waals surface area contributed by atoms with Crippen LogP contribution in [0, 0.1) is 6.92 Å². The van der Waals surface area contributed by atoms with Crippen LogP contribution >= 0.6 is 12.6 Å². The van der Waals surface area contributed by atoms with Crippen molar-refractivity contribution in [3.05, 3.63) is 47.5 Å². The van der Waals surface area contributed by atoms with Crippen LogP contribution in [0.1, 0.15) is 30.9 Å². The fourth-order valence-electron chi connectivity index (χ4n) is 2.90. The highest BCUT2D eigenvalue weighted by Gasteiger charge is 2.19. The SMILES string of the molecule is CCCCc1ccc(-c2c(S)nnn2-c2cccc(O)c2O)c(C)c1. The summed E-state index contributed by atoms with van der Waals surface area (Å²) in [5.74, 6) is -0.439. The van der Waals surface area contributed by atoms with Gasteiger partial charge in [0.25, 0.3) is 0 Å². The van der Waals surface area contributed by atoms with Gasteiger partial charge in [-0.15, -0.1) is 17.7 Å². The molecule has 1 aromatic heterocycles. The van der Waals surface area contributed by atoms with Crippen molar-refractivity contribution in [3.8, 4) is 28.4 Å². The molecule has 130 valence electrons. The number of aryl methyl sites for hydroxylation is 2. The van der Waals surface area contributed by atoms with Crippen LogP contribution in [0.4, 0.5) is 0 Å². The summed E-state index contributed by atoms with van der Waals surface area (Å²) in [6.45, 7) is 4.22. The second-order valence-electron chi connectivity index (χ2n) is 6.07. The molecule has 0 bridgehead atoms. The molecule has 2 N–H and O–H groups in total. The number of rotatable bonds is 5. The van der Waals surface area contributed by atoms with E-state index < -0.39 is 0 Å². The van der Waals surface area contributed by atoms with E-state index in [4.69, 9.17) is 0 Å². The van der Waals surface area contributed by atoms with Crippen LogP contribution in [-0.4, -0.2) is 25.2 Å². The quantitative estimate of drug-likeness (QED) is 0.472. The Hall–Kier alpha value is -2.47. The standard InChI is InChI=1S/C19H21N3O2S/c1-3-4-6-13-9-10-14(12(2)11-13)17-19(25)20-21-22(17)15-7-5-8-16(23)18(15)24/h5,7-11,23-25H,3-4,6H2,1-2H3. The molecule has 3 aromatic rings. The molecule has 25 heavy (non-hydrogen) atoms. The molecule has 3 rings (SSSR count). The number of hydrogen-bond donors (Lipinski definition) is 3. The lowest BCUT2D eigenvalue weighted by atomic mass is 10.00. The number of aromatic hydroxyl groups is 2. The second kappa shape index (κ2) is 7.19. The van der Waals surface area contributed by atoms with Crippen molar-refractivity contribution in [1.29, 1.82) is 0 Å². The number of benzene rings is 2. The Balaban J connectivity index is 2.10. The highest BCUT2D eigenvalue weighted by Crippen LogP contribution is 2.36. The highest BCUT2D eigenvalue weighted by molar-refractivity contribution is 7.80. The zero-order valence-corrected chi connectivity index (χ0v) is 15.2. The number of thiol groups is 1. The van der Waals surface area contributed by atoms with E-state index in [1.807, 2.05) is 13.0 Å². The number of unbranched alkanes of at least 4 members (excludes halogenated alkanes) is 1. The Morgan fingerprint density at radius 2 is 1.96 bits per heavy atom. The Morgan fingerprint density at radius 3 is 2.68 bits per heavy atom. The Bertz CT molecular complexity index is 906. The predicted molar refractivity (Wildman–Crippen MR) is 101 cm³/mol. The molecule has 0 atom stereocenters. The molecule has 1 heterocycles. The molecular weight excluding hydrogens is 334 g/mol. The van der Waals surface area contributed by atoms with Crippen molar-refractivity contribution < 1.29 is 10.2 Å². The van der Waals surface area contributed by atoms with E-state index in [2.05, 4.69) is 42.0 Å². The summed E-state index contributed by atoms with van der Waals surface area (Å²) in [5, 5.41) is 28.6. The van der Waals surface area contributed by atoms with E-state index in [1.54, 1.807) is 12.1 Å². The van der Waals surface area contributed by atoms with E-state index in [-0.39, 0.29) is 11.5 Å². The number of phenols is 2. The average Bonchev–Trinajstić information content (AvgIpc) is 2.97. The van der Waals surface area contributed by atoms with Gasteiger partial charge < -0.3 is 10.2 Å². The van der Waals surface area contributed by atoms with Gasteiger partial charge in [-0.25, -0.2) is 4.68 Å². The third kappa shape index (κ3) is 3.35. The first-order valence-electron chi connectivity index (χ1n) is 8.28. The maximum atomic E-state index is 10.2. The summed E-state index contributed by atoms with van der Waals surface area (Å²) in [6.07, 6.45) is 3.37. The first-order chi connectivity index (χ1) is 12.0. The Labute approximate surface area is 152 Å². The minimum Gasteiger partial charge on any atom is -0.504 e. The largest absolute Gasteiger partial charge is 0.504 e. The van der Waals surface area contributed by atoms with E-state index in [9.17, 15) is 10.2 Å². The fourth-order valence-corrected chi connectivity index (χ4v) is 3.15. The third-order valence-corrected chi connectivity index (χ3v) is 4.54. The van der Waals surface area contributed by atoms with Crippen LogP contribution in [0.2, 0.25) is 0 Å². The molecule has 0 aliphatic heterocycles. The van der Waals surface area contributed by atoms with Gasteiger partial charge in [-0.05, 0) is 43.0 Å². The number of para-hydroxylation sites is 1. The normalized spacial score (nSPS) is 11.0. The lowest BCUT2D eigenvalue weighted by Gasteiger charge is -2.12. The van der Waals surface area contributed by atoms with Gasteiger partial charge in [0.15, 0.2) is 11.5 Å². The summed E-state index contributed by atoms with van der Waals surface area (Å²) in [5.41, 5.74) is 4.37. The van der Waals surface area contributed by atoms with Gasteiger partial charge in [0.05, 0.1) is 0 Å². The van der Waals surface area contributed by atoms with Crippen LogP contribution in [0.25, 0.3) is 16.9 Å². The van der Waals surface area contributed by atoms with Gasteiger partial charge in [0.1, 0.15) is 16.4 Å². The van der Waals surface area contributed by atoms with Gasteiger partial charge in [-0.2, -0.15) is 0 Å². The monoisotopic (exact) mass is 355 g/mol. The van der Waals surface area contributed by atoms with E-state index in [1.165, 1.54) is 16.3 Å². The maximum absolute atomic E-state index is 10.2. The van der Waals surface area contributed by atoms with E-state index in [0.29, 0.717) is 16.4 Å². The average molecular weight is 355 g/mol. The smallest absolute Gasteiger partial charge is 0.183 e. The zero-order valence-electron chi connectivity index (χ0n) is 14.3. The topological polar surface area (TPSA) is 71.2 Å². The molecule has 0 fully saturated rings. The number of aromatic nitrogens is 3. The van der Waals surface area contributed by atoms with Crippen molar-refractivity contribution in [3.63, 3.8) is 0 Å². The van der Waals surface area contributed by atoms with Gasteiger partial charge in [-0.1, -0.05) is 42.8 Å². The number of nitrogens with zero attached hydrogens (tertiary/aromatic N) is 3. The summed E-state index contributed by atoms with van der Waals surface area (Å²) in [7, 11) is 0. The minimum absolute atomic E-state index is 0.203. The Morgan fingerprint density at radius 1 is 1.16 bits per heavy atom. The molecule has 0 aliphatic rings. The van der Waals surface area contributed by atoms with Crippen molar-refractivity contribution >= 4 is 12.6 Å². The molecule has 0 aliphatic carbocycles. The van der Waals surface area contributed by atoms with E-state index in [0.717, 1.165) is 30.4 Å². The summed E-state index contributed by atoms with van der Waals surface area (Å²) < 4.78 is 1.51. The molecule has 0 spiro atoms. The van der Waals surface area contributed by atoms with Crippen molar-refractivity contribution in [2.24, 2.45) is 0 Å². The first kappa shape index (κ1) is 17.4.